The lowest BCUT2D eigenvalue weighted by Gasteiger charge is -2.19. The molecule has 4 nitrogen and oxygen atoms in total. The summed E-state index contributed by atoms with van der Waals surface area (Å²) >= 11 is 0. The van der Waals surface area contributed by atoms with Crippen molar-refractivity contribution >= 4 is 0 Å². The zero-order chi connectivity index (χ0) is 15.6. The van der Waals surface area contributed by atoms with Crippen LogP contribution in [0.5, 0.6) is 5.75 Å². The smallest absolute Gasteiger partial charge is 0.119 e. The summed E-state index contributed by atoms with van der Waals surface area (Å²) in [6.07, 6.45) is 0. The van der Waals surface area contributed by atoms with Gasteiger partial charge in [-0.15, -0.1) is 0 Å². The van der Waals surface area contributed by atoms with Gasteiger partial charge in [0.1, 0.15) is 12.4 Å². The Hall–Kier alpha value is -1.10. The maximum absolute atomic E-state index is 5.63. The third-order valence-electron chi connectivity index (χ3n) is 2.76. The van der Waals surface area contributed by atoms with Gasteiger partial charge in [-0.3, -0.25) is 0 Å². The Labute approximate surface area is 128 Å². The van der Waals surface area contributed by atoms with Crippen LogP contribution in [-0.4, -0.2) is 38.6 Å². The fraction of sp³-hybridized carbons (Fsp3) is 0.647. The summed E-state index contributed by atoms with van der Waals surface area (Å²) in [5, 5.41) is 3.29. The van der Waals surface area contributed by atoms with E-state index in [4.69, 9.17) is 14.2 Å². The van der Waals surface area contributed by atoms with Crippen LogP contribution in [0.15, 0.2) is 24.3 Å². The molecular formula is C17H29NO3. The number of ether oxygens (including phenoxy) is 3. The van der Waals surface area contributed by atoms with Gasteiger partial charge in [0.25, 0.3) is 0 Å². The molecule has 4 heteroatoms. The van der Waals surface area contributed by atoms with E-state index >= 15 is 0 Å². The SMILES string of the molecule is CCNCc1ccc(OCCOCCOC(C)(C)C)cc1. The normalized spacial score (nSPS) is 11.6. The molecule has 1 N–H and O–H groups in total. The highest BCUT2D eigenvalue weighted by molar-refractivity contribution is 5.27. The second kappa shape index (κ2) is 9.77. The zero-order valence-electron chi connectivity index (χ0n) is 13.8. The highest BCUT2D eigenvalue weighted by atomic mass is 16.5. The molecule has 120 valence electrons. The predicted molar refractivity (Wildman–Crippen MR) is 85.8 cm³/mol. The molecule has 0 amide bonds. The van der Waals surface area contributed by atoms with E-state index in [1.165, 1.54) is 5.56 Å². The Morgan fingerprint density at radius 1 is 0.952 bits per heavy atom. The maximum Gasteiger partial charge on any atom is 0.119 e. The average molecular weight is 295 g/mol. The lowest BCUT2D eigenvalue weighted by atomic mass is 10.2. The molecule has 0 unspecified atom stereocenters. The Morgan fingerprint density at radius 2 is 1.62 bits per heavy atom. The fourth-order valence-electron chi connectivity index (χ4n) is 1.70. The molecule has 1 rings (SSSR count). The third kappa shape index (κ3) is 9.45. The lowest BCUT2D eigenvalue weighted by molar-refractivity contribution is -0.0375. The molecule has 21 heavy (non-hydrogen) atoms. The van der Waals surface area contributed by atoms with Crippen LogP contribution < -0.4 is 10.1 Å². The molecule has 0 heterocycles. The van der Waals surface area contributed by atoms with Gasteiger partial charge in [-0.25, -0.2) is 0 Å². The van der Waals surface area contributed by atoms with Gasteiger partial charge in [0.05, 0.1) is 25.4 Å². The van der Waals surface area contributed by atoms with Crippen LogP contribution in [0.2, 0.25) is 0 Å². The van der Waals surface area contributed by atoms with Gasteiger partial charge in [0.15, 0.2) is 0 Å². The van der Waals surface area contributed by atoms with E-state index in [9.17, 15) is 0 Å². The third-order valence-corrected chi connectivity index (χ3v) is 2.76. The molecular weight excluding hydrogens is 266 g/mol. The van der Waals surface area contributed by atoms with E-state index in [0.29, 0.717) is 26.4 Å². The fourth-order valence-corrected chi connectivity index (χ4v) is 1.70. The van der Waals surface area contributed by atoms with Crippen molar-refractivity contribution in [2.45, 2.75) is 39.8 Å². The Kier molecular flexibility index (Phi) is 8.35. The Morgan fingerprint density at radius 3 is 2.24 bits per heavy atom. The Balaban J connectivity index is 2.07. The number of hydrogen-bond acceptors (Lipinski definition) is 4. The second-order valence-electron chi connectivity index (χ2n) is 5.85. The van der Waals surface area contributed by atoms with Crippen LogP contribution in [0.25, 0.3) is 0 Å². The highest BCUT2D eigenvalue weighted by Gasteiger charge is 2.08. The highest BCUT2D eigenvalue weighted by Crippen LogP contribution is 2.12. The van der Waals surface area contributed by atoms with Crippen molar-refractivity contribution in [2.75, 3.05) is 33.0 Å². The first-order chi connectivity index (χ1) is 10.0. The standard InChI is InChI=1S/C17H29NO3/c1-5-18-14-15-6-8-16(9-7-15)20-12-10-19-11-13-21-17(2,3)4/h6-9,18H,5,10-14H2,1-4H3. The predicted octanol–water partition coefficient (Wildman–Crippen LogP) is 3.01. The first-order valence-electron chi connectivity index (χ1n) is 7.65. The molecule has 0 aliphatic rings. The van der Waals surface area contributed by atoms with Gasteiger partial charge in [-0.2, -0.15) is 0 Å². The summed E-state index contributed by atoms with van der Waals surface area (Å²) < 4.78 is 16.7. The lowest BCUT2D eigenvalue weighted by Crippen LogP contribution is -2.22. The summed E-state index contributed by atoms with van der Waals surface area (Å²) in [6, 6.07) is 8.15. The minimum absolute atomic E-state index is 0.103. The van der Waals surface area contributed by atoms with Gasteiger partial charge in [0.2, 0.25) is 0 Å². The largest absolute Gasteiger partial charge is 0.491 e. The molecule has 1 aromatic carbocycles. The van der Waals surface area contributed by atoms with E-state index in [0.717, 1.165) is 18.8 Å². The van der Waals surface area contributed by atoms with Crippen LogP contribution >= 0.6 is 0 Å². The molecule has 0 saturated carbocycles. The molecule has 0 radical (unpaired) electrons. The monoisotopic (exact) mass is 295 g/mol. The summed E-state index contributed by atoms with van der Waals surface area (Å²) in [4.78, 5) is 0. The van der Waals surface area contributed by atoms with Crippen molar-refractivity contribution in [3.63, 3.8) is 0 Å². The van der Waals surface area contributed by atoms with E-state index in [-0.39, 0.29) is 5.60 Å². The van der Waals surface area contributed by atoms with Crippen molar-refractivity contribution in [1.29, 1.82) is 0 Å². The van der Waals surface area contributed by atoms with Gasteiger partial charge >= 0.3 is 0 Å². The first-order valence-corrected chi connectivity index (χ1v) is 7.65. The van der Waals surface area contributed by atoms with Crippen LogP contribution in [-0.2, 0) is 16.0 Å². The molecule has 0 atom stereocenters. The number of hydrogen-bond donors (Lipinski definition) is 1. The second-order valence-corrected chi connectivity index (χ2v) is 5.85. The maximum atomic E-state index is 5.63. The summed E-state index contributed by atoms with van der Waals surface area (Å²) in [5.41, 5.74) is 1.16. The van der Waals surface area contributed by atoms with Crippen molar-refractivity contribution in [1.82, 2.24) is 5.32 Å². The van der Waals surface area contributed by atoms with Crippen molar-refractivity contribution in [3.05, 3.63) is 29.8 Å². The molecule has 0 fully saturated rings. The van der Waals surface area contributed by atoms with E-state index < -0.39 is 0 Å². The van der Waals surface area contributed by atoms with Gasteiger partial charge in [-0.1, -0.05) is 19.1 Å². The quantitative estimate of drug-likeness (QED) is 0.674. The van der Waals surface area contributed by atoms with Gasteiger partial charge < -0.3 is 19.5 Å². The molecule has 1 aromatic rings. The number of benzene rings is 1. The van der Waals surface area contributed by atoms with E-state index in [2.05, 4.69) is 24.4 Å². The average Bonchev–Trinajstić information content (AvgIpc) is 2.44. The summed E-state index contributed by atoms with van der Waals surface area (Å²) in [6.45, 7) is 12.4. The minimum Gasteiger partial charge on any atom is -0.491 e. The molecule has 0 aromatic heterocycles. The Bertz CT molecular complexity index is 371. The minimum atomic E-state index is -0.103. The van der Waals surface area contributed by atoms with Crippen molar-refractivity contribution in [3.8, 4) is 5.75 Å². The molecule has 0 aliphatic heterocycles. The van der Waals surface area contributed by atoms with Gasteiger partial charge in [-0.05, 0) is 45.0 Å². The number of nitrogens with one attached hydrogen (secondary N) is 1. The van der Waals surface area contributed by atoms with Crippen LogP contribution in [0.3, 0.4) is 0 Å². The summed E-state index contributed by atoms with van der Waals surface area (Å²) in [5.74, 6) is 0.879. The molecule has 0 aliphatic carbocycles. The first kappa shape index (κ1) is 18.0. The van der Waals surface area contributed by atoms with E-state index in [1.807, 2.05) is 32.9 Å². The van der Waals surface area contributed by atoms with Gasteiger partial charge in [0, 0.05) is 6.54 Å². The topological polar surface area (TPSA) is 39.7 Å². The van der Waals surface area contributed by atoms with Crippen molar-refractivity contribution in [2.24, 2.45) is 0 Å². The van der Waals surface area contributed by atoms with Crippen LogP contribution in [0.1, 0.15) is 33.3 Å². The molecule has 0 spiro atoms. The van der Waals surface area contributed by atoms with Crippen LogP contribution in [0, 0.1) is 0 Å². The van der Waals surface area contributed by atoms with Crippen molar-refractivity contribution < 1.29 is 14.2 Å². The molecule has 0 bridgehead atoms. The van der Waals surface area contributed by atoms with Crippen LogP contribution in [0.4, 0.5) is 0 Å². The summed E-state index contributed by atoms with van der Waals surface area (Å²) in [7, 11) is 0. The molecule has 0 saturated heterocycles. The number of rotatable bonds is 10. The van der Waals surface area contributed by atoms with E-state index in [1.54, 1.807) is 0 Å². The zero-order valence-corrected chi connectivity index (χ0v) is 13.8.